The Hall–Kier alpha value is -0.410. The molecular weight excluding hydrogens is 275 g/mol. The highest BCUT2D eigenvalue weighted by molar-refractivity contribution is 4.83. The van der Waals surface area contributed by atoms with Crippen molar-refractivity contribution >= 4 is 0 Å². The van der Waals surface area contributed by atoms with Crippen molar-refractivity contribution in [3.8, 4) is 0 Å². The molecular formula is C12H24F3N3O2. The minimum atomic E-state index is -4.66. The van der Waals surface area contributed by atoms with Crippen molar-refractivity contribution in [3.63, 3.8) is 0 Å². The third kappa shape index (κ3) is 4.85. The fourth-order valence-corrected chi connectivity index (χ4v) is 2.72. The first-order chi connectivity index (χ1) is 9.29. The fraction of sp³-hybridized carbons (Fsp3) is 1.00. The van der Waals surface area contributed by atoms with Gasteiger partial charge in [0.05, 0.1) is 6.17 Å². The van der Waals surface area contributed by atoms with Crippen LogP contribution in [0.2, 0.25) is 0 Å². The molecule has 0 radical (unpaired) electrons. The van der Waals surface area contributed by atoms with Gasteiger partial charge in [0.15, 0.2) is 0 Å². The molecule has 1 fully saturated rings. The molecule has 0 aromatic rings. The Morgan fingerprint density at radius 1 is 1.20 bits per heavy atom. The molecule has 0 aromatic carbocycles. The summed E-state index contributed by atoms with van der Waals surface area (Å²) in [6.07, 6.45) is -4.98. The van der Waals surface area contributed by atoms with Crippen molar-refractivity contribution in [1.29, 1.82) is 0 Å². The van der Waals surface area contributed by atoms with Crippen molar-refractivity contribution in [2.45, 2.75) is 50.5 Å². The van der Waals surface area contributed by atoms with Crippen molar-refractivity contribution in [2.24, 2.45) is 17.6 Å². The maximum atomic E-state index is 12.4. The summed E-state index contributed by atoms with van der Waals surface area (Å²) in [5, 5.41) is 14.1. The number of ether oxygens (including phenoxy) is 1. The van der Waals surface area contributed by atoms with Crippen LogP contribution in [0.3, 0.4) is 0 Å². The highest BCUT2D eigenvalue weighted by Gasteiger charge is 2.41. The van der Waals surface area contributed by atoms with Crippen molar-refractivity contribution in [1.82, 2.24) is 10.6 Å². The molecule has 0 aromatic heterocycles. The van der Waals surface area contributed by atoms with E-state index in [1.807, 2.05) is 0 Å². The summed E-state index contributed by atoms with van der Waals surface area (Å²) >= 11 is 0. The lowest BCUT2D eigenvalue weighted by molar-refractivity contribution is -0.217. The van der Waals surface area contributed by atoms with E-state index in [0.29, 0.717) is 0 Å². The highest BCUT2D eigenvalue weighted by Crippen LogP contribution is 2.32. The van der Waals surface area contributed by atoms with Crippen LogP contribution in [0.1, 0.15) is 25.7 Å². The van der Waals surface area contributed by atoms with Crippen LogP contribution < -0.4 is 16.4 Å². The lowest BCUT2D eigenvalue weighted by Crippen LogP contribution is -2.55. The topological polar surface area (TPSA) is 79.5 Å². The molecule has 0 aliphatic heterocycles. The van der Waals surface area contributed by atoms with Gasteiger partial charge in [-0.05, 0) is 44.6 Å². The zero-order valence-corrected chi connectivity index (χ0v) is 11.8. The van der Waals surface area contributed by atoms with Gasteiger partial charge in [0.1, 0.15) is 6.23 Å². The number of alkyl halides is 3. The molecule has 0 spiro atoms. The quantitative estimate of drug-likeness (QED) is 0.544. The average molecular weight is 299 g/mol. The van der Waals surface area contributed by atoms with Gasteiger partial charge in [-0.15, -0.1) is 0 Å². The molecule has 5 N–H and O–H groups in total. The van der Waals surface area contributed by atoms with Gasteiger partial charge < -0.3 is 20.9 Å². The molecule has 1 aliphatic rings. The van der Waals surface area contributed by atoms with E-state index >= 15 is 0 Å². The minimum absolute atomic E-state index is 0.0253. The van der Waals surface area contributed by atoms with Crippen LogP contribution in [0.25, 0.3) is 0 Å². The Morgan fingerprint density at radius 3 is 2.10 bits per heavy atom. The smallest absolute Gasteiger partial charge is 0.370 e. The maximum absolute atomic E-state index is 12.4. The second-order valence-corrected chi connectivity index (χ2v) is 5.25. The van der Waals surface area contributed by atoms with E-state index in [1.165, 1.54) is 0 Å². The van der Waals surface area contributed by atoms with Crippen LogP contribution in [0.5, 0.6) is 0 Å². The normalized spacial score (nSPS) is 28.9. The van der Waals surface area contributed by atoms with Crippen molar-refractivity contribution in [3.05, 3.63) is 0 Å². The summed E-state index contributed by atoms with van der Waals surface area (Å²) < 4.78 is 42.1. The minimum Gasteiger partial charge on any atom is -0.370 e. The highest BCUT2D eigenvalue weighted by atomic mass is 19.4. The molecule has 0 saturated heterocycles. The summed E-state index contributed by atoms with van der Waals surface area (Å²) in [5.74, 6) is 0.263. The van der Waals surface area contributed by atoms with Gasteiger partial charge in [-0.2, -0.15) is 13.2 Å². The van der Waals surface area contributed by atoms with Gasteiger partial charge in [0, 0.05) is 7.11 Å². The number of nitrogens with one attached hydrogen (secondary N) is 2. The number of hydrogen-bond donors (Lipinski definition) is 4. The summed E-state index contributed by atoms with van der Waals surface area (Å²) in [6, 6.07) is 0. The zero-order valence-electron chi connectivity index (χ0n) is 11.8. The molecule has 0 heterocycles. The molecule has 20 heavy (non-hydrogen) atoms. The van der Waals surface area contributed by atoms with Crippen LogP contribution in [-0.2, 0) is 4.74 Å². The summed E-state index contributed by atoms with van der Waals surface area (Å²) in [4.78, 5) is 0. The Labute approximate surface area is 117 Å². The molecule has 1 rings (SSSR count). The van der Waals surface area contributed by atoms with E-state index in [2.05, 4.69) is 10.6 Å². The van der Waals surface area contributed by atoms with E-state index in [-0.39, 0.29) is 18.1 Å². The first kappa shape index (κ1) is 17.6. The summed E-state index contributed by atoms with van der Waals surface area (Å²) in [6.45, 7) is 0. The second-order valence-electron chi connectivity index (χ2n) is 5.25. The van der Waals surface area contributed by atoms with Crippen LogP contribution in [0.15, 0.2) is 0 Å². The number of hydrogen-bond acceptors (Lipinski definition) is 5. The third-order valence-electron chi connectivity index (χ3n) is 3.98. The standard InChI is InChI=1S/C12H24F3N3O2/c1-17-10(18-11(19)12(13,14)15)8-5-3-7(4-6-8)9(16)20-2/h7-11,17-19H,3-6,16H2,1-2H3. The molecule has 120 valence electrons. The van der Waals surface area contributed by atoms with E-state index in [9.17, 15) is 13.2 Å². The van der Waals surface area contributed by atoms with Crippen LogP contribution >= 0.6 is 0 Å². The SMILES string of the molecule is CNC(NC(O)C(F)(F)F)C1CCC(C(N)OC)CC1. The number of methoxy groups -OCH3 is 1. The monoisotopic (exact) mass is 299 g/mol. The maximum Gasteiger partial charge on any atom is 0.428 e. The van der Waals surface area contributed by atoms with Gasteiger partial charge in [0.2, 0.25) is 6.23 Å². The first-order valence-electron chi connectivity index (χ1n) is 6.76. The van der Waals surface area contributed by atoms with Crippen LogP contribution in [-0.4, -0.2) is 44.1 Å². The largest absolute Gasteiger partial charge is 0.428 e. The Morgan fingerprint density at radius 2 is 1.70 bits per heavy atom. The molecule has 5 nitrogen and oxygen atoms in total. The van der Waals surface area contributed by atoms with E-state index in [4.69, 9.17) is 15.6 Å². The summed E-state index contributed by atoms with van der Waals surface area (Å²) in [5.41, 5.74) is 5.80. The Balaban J connectivity index is 2.48. The molecule has 1 saturated carbocycles. The Bertz CT molecular complexity index is 284. The average Bonchev–Trinajstić information content (AvgIpc) is 2.42. The molecule has 8 heteroatoms. The van der Waals surface area contributed by atoms with Gasteiger partial charge in [-0.3, -0.25) is 5.32 Å². The van der Waals surface area contributed by atoms with E-state index < -0.39 is 18.6 Å². The molecule has 0 amide bonds. The predicted octanol–water partition coefficient (Wildman–Crippen LogP) is 0.740. The van der Waals surface area contributed by atoms with Crippen molar-refractivity contribution < 1.29 is 23.0 Å². The third-order valence-corrected chi connectivity index (χ3v) is 3.98. The summed E-state index contributed by atoms with van der Waals surface area (Å²) in [7, 11) is 3.13. The molecule has 3 atom stereocenters. The lowest BCUT2D eigenvalue weighted by Gasteiger charge is -2.36. The Kier molecular flexibility index (Phi) is 6.67. The number of rotatable bonds is 6. The molecule has 3 unspecified atom stereocenters. The van der Waals surface area contributed by atoms with Crippen LogP contribution in [0.4, 0.5) is 13.2 Å². The number of nitrogens with two attached hydrogens (primary N) is 1. The van der Waals surface area contributed by atoms with Crippen LogP contribution in [0, 0.1) is 11.8 Å². The number of aliphatic hydroxyl groups is 1. The number of aliphatic hydroxyl groups excluding tert-OH is 1. The van der Waals surface area contributed by atoms with Gasteiger partial charge in [-0.25, -0.2) is 0 Å². The molecule has 1 aliphatic carbocycles. The molecule has 0 bridgehead atoms. The zero-order chi connectivity index (χ0) is 15.3. The van der Waals surface area contributed by atoms with Gasteiger partial charge >= 0.3 is 6.18 Å². The van der Waals surface area contributed by atoms with E-state index in [1.54, 1.807) is 14.2 Å². The van der Waals surface area contributed by atoms with E-state index in [0.717, 1.165) is 25.7 Å². The van der Waals surface area contributed by atoms with Gasteiger partial charge in [0.25, 0.3) is 0 Å². The fourth-order valence-electron chi connectivity index (χ4n) is 2.72. The van der Waals surface area contributed by atoms with Crippen molar-refractivity contribution in [2.75, 3.05) is 14.2 Å². The predicted molar refractivity (Wildman–Crippen MR) is 68.5 cm³/mol. The lowest BCUT2D eigenvalue weighted by atomic mass is 9.79. The van der Waals surface area contributed by atoms with Gasteiger partial charge in [-0.1, -0.05) is 0 Å². The number of halogens is 3. The second kappa shape index (κ2) is 7.56. The first-order valence-corrected chi connectivity index (χ1v) is 6.76.